The molecule has 1 unspecified atom stereocenters. The van der Waals surface area contributed by atoms with Crippen molar-refractivity contribution in [1.82, 2.24) is 5.32 Å². The van der Waals surface area contributed by atoms with Gasteiger partial charge in [0.25, 0.3) is 0 Å². The topological polar surface area (TPSA) is 87.7 Å². The Hall–Kier alpha value is -2.11. The highest BCUT2D eigenvalue weighted by atomic mass is 19.1. The molecular formula is C13H18FN3O2. The van der Waals surface area contributed by atoms with E-state index in [1.165, 1.54) is 12.1 Å². The molecule has 0 saturated carbocycles. The van der Waals surface area contributed by atoms with E-state index in [4.69, 9.17) is 10.9 Å². The van der Waals surface area contributed by atoms with E-state index in [-0.39, 0.29) is 17.6 Å². The highest BCUT2D eigenvalue weighted by Gasteiger charge is 2.20. The highest BCUT2D eigenvalue weighted by Crippen LogP contribution is 2.05. The second-order valence-corrected chi connectivity index (χ2v) is 4.15. The Morgan fingerprint density at radius 3 is 2.63 bits per heavy atom. The number of nitrogens with zero attached hydrogens (tertiary/aromatic N) is 1. The Morgan fingerprint density at radius 1 is 1.47 bits per heavy atom. The number of oxime groups is 1. The molecule has 1 rings (SSSR count). The summed E-state index contributed by atoms with van der Waals surface area (Å²) in [5, 5.41) is 14.1. The maximum absolute atomic E-state index is 12.7. The second kappa shape index (κ2) is 7.35. The highest BCUT2D eigenvalue weighted by molar-refractivity contribution is 6.01. The van der Waals surface area contributed by atoms with E-state index in [0.717, 1.165) is 5.56 Å². The normalized spacial score (nSPS) is 13.1. The van der Waals surface area contributed by atoms with Crippen molar-refractivity contribution in [2.24, 2.45) is 16.8 Å². The molecule has 0 bridgehead atoms. The largest absolute Gasteiger partial charge is 0.409 e. The number of amidine groups is 1. The van der Waals surface area contributed by atoms with Gasteiger partial charge in [0.1, 0.15) is 5.82 Å². The Kier molecular flexibility index (Phi) is 5.78. The molecule has 19 heavy (non-hydrogen) atoms. The molecule has 1 aromatic carbocycles. The summed E-state index contributed by atoms with van der Waals surface area (Å²) in [7, 11) is 0. The van der Waals surface area contributed by atoms with Crippen LogP contribution < -0.4 is 11.1 Å². The van der Waals surface area contributed by atoms with Gasteiger partial charge in [0.2, 0.25) is 5.91 Å². The molecule has 1 atom stereocenters. The van der Waals surface area contributed by atoms with Gasteiger partial charge in [-0.05, 0) is 30.5 Å². The first-order valence-corrected chi connectivity index (χ1v) is 6.08. The van der Waals surface area contributed by atoms with Gasteiger partial charge in [0, 0.05) is 6.54 Å². The third-order valence-corrected chi connectivity index (χ3v) is 2.82. The van der Waals surface area contributed by atoms with E-state index in [1.807, 2.05) is 0 Å². The molecule has 0 saturated heterocycles. The van der Waals surface area contributed by atoms with Gasteiger partial charge in [-0.2, -0.15) is 0 Å². The Balaban J connectivity index is 2.44. The number of benzene rings is 1. The van der Waals surface area contributed by atoms with Crippen molar-refractivity contribution < 1.29 is 14.4 Å². The van der Waals surface area contributed by atoms with E-state index < -0.39 is 5.92 Å². The van der Waals surface area contributed by atoms with Crippen LogP contribution in [0.1, 0.15) is 18.9 Å². The first kappa shape index (κ1) is 14.9. The van der Waals surface area contributed by atoms with Crippen molar-refractivity contribution in [2.75, 3.05) is 6.54 Å². The van der Waals surface area contributed by atoms with Crippen LogP contribution in [0.5, 0.6) is 0 Å². The van der Waals surface area contributed by atoms with Crippen LogP contribution in [0.2, 0.25) is 0 Å². The van der Waals surface area contributed by atoms with Crippen LogP contribution in [0, 0.1) is 11.7 Å². The fourth-order valence-electron chi connectivity index (χ4n) is 1.70. The minimum atomic E-state index is -0.627. The Bertz CT molecular complexity index is 446. The van der Waals surface area contributed by atoms with Crippen molar-refractivity contribution in [3.05, 3.63) is 35.6 Å². The predicted molar refractivity (Wildman–Crippen MR) is 70.3 cm³/mol. The van der Waals surface area contributed by atoms with E-state index >= 15 is 0 Å². The summed E-state index contributed by atoms with van der Waals surface area (Å²) in [6.07, 6.45) is 1.05. The third-order valence-electron chi connectivity index (χ3n) is 2.82. The number of rotatable bonds is 6. The van der Waals surface area contributed by atoms with Crippen LogP contribution in [-0.4, -0.2) is 23.5 Å². The molecule has 0 aliphatic heterocycles. The zero-order valence-electron chi connectivity index (χ0n) is 10.8. The number of hydrogen-bond donors (Lipinski definition) is 3. The van der Waals surface area contributed by atoms with Gasteiger partial charge in [-0.25, -0.2) is 4.39 Å². The number of nitrogens with two attached hydrogens (primary N) is 1. The SMILES string of the molecule is CCC(C(=O)NCCc1ccc(F)cc1)C(N)=NO. The van der Waals surface area contributed by atoms with Gasteiger partial charge in [0.05, 0.1) is 5.92 Å². The number of halogens is 1. The van der Waals surface area contributed by atoms with Crippen LogP contribution in [0.25, 0.3) is 0 Å². The average Bonchev–Trinajstić information content (AvgIpc) is 2.41. The molecule has 5 nitrogen and oxygen atoms in total. The standard InChI is InChI=1S/C13H18FN3O2/c1-2-11(12(15)17-19)13(18)16-8-7-9-3-5-10(14)6-4-9/h3-6,11,19H,2,7-8H2,1H3,(H2,15,17)(H,16,18). The Labute approximate surface area is 111 Å². The van der Waals surface area contributed by atoms with Gasteiger partial charge >= 0.3 is 0 Å². The van der Waals surface area contributed by atoms with Gasteiger partial charge < -0.3 is 16.3 Å². The second-order valence-electron chi connectivity index (χ2n) is 4.15. The molecular weight excluding hydrogens is 249 g/mol. The van der Waals surface area contributed by atoms with Crippen LogP contribution in [0.15, 0.2) is 29.4 Å². The fraction of sp³-hybridized carbons (Fsp3) is 0.385. The molecule has 0 aromatic heterocycles. The quantitative estimate of drug-likeness (QED) is 0.314. The molecule has 0 fully saturated rings. The smallest absolute Gasteiger partial charge is 0.230 e. The third kappa shape index (κ3) is 4.57. The van der Waals surface area contributed by atoms with Crippen molar-refractivity contribution in [2.45, 2.75) is 19.8 Å². The van der Waals surface area contributed by atoms with Gasteiger partial charge in [0.15, 0.2) is 5.84 Å². The summed E-state index contributed by atoms with van der Waals surface area (Å²) in [6, 6.07) is 6.09. The number of carbonyl (C=O) groups excluding carboxylic acids is 1. The van der Waals surface area contributed by atoms with Crippen molar-refractivity contribution in [3.8, 4) is 0 Å². The van der Waals surface area contributed by atoms with E-state index in [0.29, 0.717) is 19.4 Å². The monoisotopic (exact) mass is 267 g/mol. The lowest BCUT2D eigenvalue weighted by Crippen LogP contribution is -2.39. The van der Waals surface area contributed by atoms with Crippen LogP contribution in [0.3, 0.4) is 0 Å². The first-order valence-electron chi connectivity index (χ1n) is 6.08. The number of amides is 1. The maximum atomic E-state index is 12.7. The molecule has 4 N–H and O–H groups in total. The molecule has 6 heteroatoms. The molecule has 104 valence electrons. The fourth-order valence-corrected chi connectivity index (χ4v) is 1.70. The van der Waals surface area contributed by atoms with Crippen molar-refractivity contribution >= 4 is 11.7 Å². The summed E-state index contributed by atoms with van der Waals surface area (Å²) in [6.45, 7) is 2.20. The minimum absolute atomic E-state index is 0.0956. The lowest BCUT2D eigenvalue weighted by Gasteiger charge is -2.13. The zero-order chi connectivity index (χ0) is 14.3. The molecule has 0 spiro atoms. The number of carbonyl (C=O) groups is 1. The van der Waals surface area contributed by atoms with Crippen LogP contribution >= 0.6 is 0 Å². The van der Waals surface area contributed by atoms with Crippen molar-refractivity contribution in [3.63, 3.8) is 0 Å². The number of nitrogens with one attached hydrogen (secondary N) is 1. The van der Waals surface area contributed by atoms with E-state index in [1.54, 1.807) is 19.1 Å². The van der Waals surface area contributed by atoms with E-state index in [9.17, 15) is 9.18 Å². The zero-order valence-corrected chi connectivity index (χ0v) is 10.8. The molecule has 1 aromatic rings. The molecule has 0 radical (unpaired) electrons. The molecule has 0 aliphatic rings. The van der Waals surface area contributed by atoms with Crippen LogP contribution in [0.4, 0.5) is 4.39 Å². The summed E-state index contributed by atoms with van der Waals surface area (Å²) >= 11 is 0. The predicted octanol–water partition coefficient (Wildman–Crippen LogP) is 1.26. The molecule has 1 amide bonds. The van der Waals surface area contributed by atoms with Gasteiger partial charge in [-0.1, -0.05) is 24.2 Å². The summed E-state index contributed by atoms with van der Waals surface area (Å²) in [4.78, 5) is 11.8. The summed E-state index contributed by atoms with van der Waals surface area (Å²) in [5.74, 6) is -1.29. The van der Waals surface area contributed by atoms with Crippen LogP contribution in [-0.2, 0) is 11.2 Å². The lowest BCUT2D eigenvalue weighted by molar-refractivity contribution is -0.123. The summed E-state index contributed by atoms with van der Waals surface area (Å²) < 4.78 is 12.7. The van der Waals surface area contributed by atoms with Gasteiger partial charge in [-0.15, -0.1) is 0 Å². The number of hydrogen-bond acceptors (Lipinski definition) is 3. The molecule has 0 heterocycles. The first-order chi connectivity index (χ1) is 9.08. The molecule has 0 aliphatic carbocycles. The van der Waals surface area contributed by atoms with Gasteiger partial charge in [-0.3, -0.25) is 4.79 Å². The minimum Gasteiger partial charge on any atom is -0.409 e. The van der Waals surface area contributed by atoms with E-state index in [2.05, 4.69) is 10.5 Å². The summed E-state index contributed by atoms with van der Waals surface area (Å²) in [5.41, 5.74) is 6.35. The Morgan fingerprint density at radius 2 is 2.11 bits per heavy atom. The van der Waals surface area contributed by atoms with Crippen molar-refractivity contribution in [1.29, 1.82) is 0 Å². The maximum Gasteiger partial charge on any atom is 0.230 e. The average molecular weight is 267 g/mol. The lowest BCUT2D eigenvalue weighted by atomic mass is 10.0.